The average molecular weight is 532 g/mol. The number of benzene rings is 1. The molecule has 1 aliphatic carbocycles. The highest BCUT2D eigenvalue weighted by atomic mass is 127. The zero-order valence-electron chi connectivity index (χ0n) is 17.2. The van der Waals surface area contributed by atoms with E-state index in [2.05, 4.69) is 68.2 Å². The van der Waals surface area contributed by atoms with Gasteiger partial charge in [0, 0.05) is 35.3 Å². The molecule has 0 atom stereocenters. The first kappa shape index (κ1) is 21.8. The van der Waals surface area contributed by atoms with Gasteiger partial charge in [0.05, 0.1) is 18.0 Å². The molecular formula is C22H25IN6O2. The fourth-order valence-electron chi connectivity index (χ4n) is 4.06. The molecule has 8 nitrogen and oxygen atoms in total. The summed E-state index contributed by atoms with van der Waals surface area (Å²) in [5, 5.41) is 16.8. The van der Waals surface area contributed by atoms with Crippen LogP contribution in [-0.2, 0) is 16.9 Å². The molecule has 1 aromatic heterocycles. The summed E-state index contributed by atoms with van der Waals surface area (Å²) in [6, 6.07) is 10.8. The highest BCUT2D eigenvalue weighted by molar-refractivity contribution is 14.1. The van der Waals surface area contributed by atoms with Gasteiger partial charge in [-0.3, -0.25) is 19.2 Å². The zero-order valence-corrected chi connectivity index (χ0v) is 19.3. The molecule has 0 spiro atoms. The van der Waals surface area contributed by atoms with Crippen molar-refractivity contribution in [2.45, 2.75) is 44.2 Å². The smallest absolute Gasteiger partial charge is 0.254 e. The number of hydrogen-bond donors (Lipinski definition) is 2. The Labute approximate surface area is 194 Å². The van der Waals surface area contributed by atoms with Gasteiger partial charge in [0.1, 0.15) is 5.56 Å². The number of nitriles is 1. The van der Waals surface area contributed by atoms with Crippen molar-refractivity contribution in [2.75, 3.05) is 18.4 Å². The predicted molar refractivity (Wildman–Crippen MR) is 124 cm³/mol. The van der Waals surface area contributed by atoms with Crippen molar-refractivity contribution in [2.24, 2.45) is 11.7 Å². The Morgan fingerprint density at radius 3 is 2.52 bits per heavy atom. The van der Waals surface area contributed by atoms with Crippen molar-refractivity contribution in [3.05, 3.63) is 45.2 Å². The standard InChI is InChI=1S/C22H25IN6O2/c23-17-5-1-15(2-6-17)13-28-11-8-22(7-10-24,9-12-28)29-14-18(19(25)30)20(27-29)26-21(31)16-3-4-16/h1-2,5-6,14,16H,3-4,7-9,11-13H2,(H2,25,30)(H,26,27,31). The maximum Gasteiger partial charge on any atom is 0.254 e. The van der Waals surface area contributed by atoms with E-state index in [0.29, 0.717) is 0 Å². The van der Waals surface area contributed by atoms with Crippen molar-refractivity contribution in [1.29, 1.82) is 5.26 Å². The molecule has 9 heteroatoms. The Morgan fingerprint density at radius 1 is 1.26 bits per heavy atom. The molecule has 0 bridgehead atoms. The number of piperidine rings is 1. The molecule has 1 saturated heterocycles. The predicted octanol–water partition coefficient (Wildman–Crippen LogP) is 2.84. The number of carbonyl (C=O) groups is 2. The molecule has 4 rings (SSSR count). The van der Waals surface area contributed by atoms with Gasteiger partial charge in [0.25, 0.3) is 5.91 Å². The maximum atomic E-state index is 12.2. The van der Waals surface area contributed by atoms with Gasteiger partial charge in [-0.15, -0.1) is 0 Å². The van der Waals surface area contributed by atoms with Gasteiger partial charge < -0.3 is 11.1 Å². The molecule has 1 aromatic carbocycles. The SMILES string of the molecule is N#CCC1(n2cc(C(N)=O)c(NC(=O)C3CC3)n2)CCN(Cc2ccc(I)cc2)CC1. The van der Waals surface area contributed by atoms with Gasteiger partial charge in [-0.1, -0.05) is 12.1 Å². The first-order chi connectivity index (χ1) is 14.9. The van der Waals surface area contributed by atoms with E-state index in [-0.39, 0.29) is 29.6 Å². The lowest BCUT2D eigenvalue weighted by Gasteiger charge is -2.40. The number of halogens is 1. The van der Waals surface area contributed by atoms with Crippen LogP contribution in [0.5, 0.6) is 0 Å². The van der Waals surface area contributed by atoms with Crippen LogP contribution in [0.15, 0.2) is 30.5 Å². The number of carbonyl (C=O) groups excluding carboxylic acids is 2. The topological polar surface area (TPSA) is 117 Å². The van der Waals surface area contributed by atoms with Gasteiger partial charge >= 0.3 is 0 Å². The van der Waals surface area contributed by atoms with Crippen LogP contribution in [0.1, 0.15) is 48.0 Å². The van der Waals surface area contributed by atoms with E-state index in [1.165, 1.54) is 9.13 Å². The highest BCUT2D eigenvalue weighted by Crippen LogP contribution is 2.36. The quantitative estimate of drug-likeness (QED) is 0.532. The zero-order chi connectivity index (χ0) is 22.0. The first-order valence-electron chi connectivity index (χ1n) is 10.4. The Hall–Kier alpha value is -2.45. The summed E-state index contributed by atoms with van der Waals surface area (Å²) in [4.78, 5) is 26.5. The number of aromatic nitrogens is 2. The van der Waals surface area contributed by atoms with Crippen LogP contribution in [-0.4, -0.2) is 39.6 Å². The minimum atomic E-state index is -0.638. The number of rotatable bonds is 7. The minimum Gasteiger partial charge on any atom is -0.365 e. The van der Waals surface area contributed by atoms with Crippen LogP contribution < -0.4 is 11.1 Å². The third-order valence-corrected chi connectivity index (χ3v) is 6.89. The Morgan fingerprint density at radius 2 is 1.94 bits per heavy atom. The molecule has 1 saturated carbocycles. The summed E-state index contributed by atoms with van der Waals surface area (Å²) in [5.41, 5.74) is 6.46. The Balaban J connectivity index is 1.51. The molecular weight excluding hydrogens is 507 g/mol. The van der Waals surface area contributed by atoms with Crippen LogP contribution in [0, 0.1) is 20.8 Å². The van der Waals surface area contributed by atoms with Crippen molar-refractivity contribution in [3.63, 3.8) is 0 Å². The van der Waals surface area contributed by atoms with Gasteiger partial charge in [-0.25, -0.2) is 0 Å². The molecule has 162 valence electrons. The Kier molecular flexibility index (Phi) is 6.29. The molecule has 2 aromatic rings. The lowest BCUT2D eigenvalue weighted by molar-refractivity contribution is -0.117. The molecule has 0 radical (unpaired) electrons. The van der Waals surface area contributed by atoms with E-state index >= 15 is 0 Å². The van der Waals surface area contributed by atoms with E-state index in [0.717, 1.165) is 45.3 Å². The van der Waals surface area contributed by atoms with Crippen LogP contribution >= 0.6 is 22.6 Å². The van der Waals surface area contributed by atoms with Crippen molar-refractivity contribution < 1.29 is 9.59 Å². The Bertz CT molecular complexity index is 1010. The van der Waals surface area contributed by atoms with E-state index < -0.39 is 11.4 Å². The van der Waals surface area contributed by atoms with E-state index in [1.54, 1.807) is 10.9 Å². The number of likely N-dealkylation sites (tertiary alicyclic amines) is 1. The largest absolute Gasteiger partial charge is 0.365 e. The summed E-state index contributed by atoms with van der Waals surface area (Å²) in [7, 11) is 0. The third-order valence-electron chi connectivity index (χ3n) is 6.17. The van der Waals surface area contributed by atoms with Gasteiger partial charge in [0.15, 0.2) is 5.82 Å². The summed E-state index contributed by atoms with van der Waals surface area (Å²) < 4.78 is 2.91. The van der Waals surface area contributed by atoms with Gasteiger partial charge in [-0.2, -0.15) is 10.4 Å². The van der Waals surface area contributed by atoms with Crippen LogP contribution in [0.2, 0.25) is 0 Å². The lowest BCUT2D eigenvalue weighted by atomic mass is 9.84. The molecule has 1 aliphatic heterocycles. The summed E-state index contributed by atoms with van der Waals surface area (Å²) in [6.07, 6.45) is 5.03. The highest BCUT2D eigenvalue weighted by Gasteiger charge is 2.39. The fourth-order valence-corrected chi connectivity index (χ4v) is 4.42. The van der Waals surface area contributed by atoms with Crippen LogP contribution in [0.4, 0.5) is 5.82 Å². The molecule has 2 heterocycles. The summed E-state index contributed by atoms with van der Waals surface area (Å²) in [5.74, 6) is -0.582. The second-order valence-corrected chi connectivity index (χ2v) is 9.67. The fraction of sp³-hybridized carbons (Fsp3) is 0.455. The van der Waals surface area contributed by atoms with Gasteiger partial charge in [0.2, 0.25) is 5.91 Å². The van der Waals surface area contributed by atoms with E-state index in [4.69, 9.17) is 5.73 Å². The van der Waals surface area contributed by atoms with Crippen molar-refractivity contribution in [1.82, 2.24) is 14.7 Å². The second kappa shape index (κ2) is 8.96. The molecule has 2 fully saturated rings. The normalized spacial score (nSPS) is 18.3. The minimum absolute atomic E-state index is 0.0107. The third kappa shape index (κ3) is 4.91. The van der Waals surface area contributed by atoms with Crippen LogP contribution in [0.25, 0.3) is 0 Å². The second-order valence-electron chi connectivity index (χ2n) is 8.43. The number of nitrogens with two attached hydrogens (primary N) is 1. The number of amides is 2. The van der Waals surface area contributed by atoms with E-state index in [9.17, 15) is 14.9 Å². The van der Waals surface area contributed by atoms with Crippen molar-refractivity contribution in [3.8, 4) is 6.07 Å². The number of nitrogens with zero attached hydrogens (tertiary/aromatic N) is 4. The molecule has 2 aliphatic rings. The number of primary amides is 1. The number of nitrogens with one attached hydrogen (secondary N) is 1. The molecule has 0 unspecified atom stereocenters. The molecule has 3 N–H and O–H groups in total. The lowest BCUT2D eigenvalue weighted by Crippen LogP contribution is -2.46. The summed E-state index contributed by atoms with van der Waals surface area (Å²) in [6.45, 7) is 2.47. The number of hydrogen-bond acceptors (Lipinski definition) is 5. The van der Waals surface area contributed by atoms with Gasteiger partial charge in [-0.05, 0) is 66.0 Å². The van der Waals surface area contributed by atoms with Crippen molar-refractivity contribution >= 4 is 40.2 Å². The van der Waals surface area contributed by atoms with Crippen LogP contribution in [0.3, 0.4) is 0 Å². The number of anilines is 1. The average Bonchev–Trinajstić information content (AvgIpc) is 3.51. The molecule has 2 amide bonds. The first-order valence-corrected chi connectivity index (χ1v) is 11.5. The monoisotopic (exact) mass is 532 g/mol. The maximum absolute atomic E-state index is 12.2. The van der Waals surface area contributed by atoms with E-state index in [1.807, 2.05) is 0 Å². The molecule has 31 heavy (non-hydrogen) atoms. The summed E-state index contributed by atoms with van der Waals surface area (Å²) >= 11 is 2.30.